The lowest BCUT2D eigenvalue weighted by atomic mass is 10.1. The van der Waals surface area contributed by atoms with E-state index in [2.05, 4.69) is 34.0 Å². The first-order chi connectivity index (χ1) is 8.22. The maximum Gasteiger partial charge on any atom is 0.225 e. The molecule has 0 aromatic carbocycles. The van der Waals surface area contributed by atoms with E-state index < -0.39 is 0 Å². The molecular formula is C13H22N4. The molecule has 0 aliphatic carbocycles. The zero-order chi connectivity index (χ0) is 12.3. The van der Waals surface area contributed by atoms with Crippen LogP contribution in [0.4, 0.5) is 5.95 Å². The SMILES string of the molecule is CNCC1CCCN1c1ncc(C(C)C)cn1. The molecule has 17 heavy (non-hydrogen) atoms. The van der Waals surface area contributed by atoms with E-state index in [1.807, 2.05) is 19.4 Å². The summed E-state index contributed by atoms with van der Waals surface area (Å²) in [6, 6.07) is 0.546. The summed E-state index contributed by atoms with van der Waals surface area (Å²) >= 11 is 0. The van der Waals surface area contributed by atoms with Gasteiger partial charge in [-0.05, 0) is 31.4 Å². The minimum atomic E-state index is 0.496. The van der Waals surface area contributed by atoms with Crippen molar-refractivity contribution in [3.63, 3.8) is 0 Å². The fraction of sp³-hybridized carbons (Fsp3) is 0.692. The highest BCUT2D eigenvalue weighted by Crippen LogP contribution is 2.22. The maximum atomic E-state index is 4.50. The standard InChI is InChI=1S/C13H22N4/c1-10(2)11-7-15-13(16-8-11)17-6-4-5-12(17)9-14-3/h7-8,10,12,14H,4-6,9H2,1-3H3. The maximum absolute atomic E-state index is 4.50. The minimum absolute atomic E-state index is 0.496. The molecule has 1 aliphatic rings. The van der Waals surface area contributed by atoms with Crippen molar-refractivity contribution in [2.45, 2.75) is 38.6 Å². The van der Waals surface area contributed by atoms with Crippen LogP contribution in [0, 0.1) is 0 Å². The molecule has 2 rings (SSSR count). The van der Waals surface area contributed by atoms with Crippen molar-refractivity contribution >= 4 is 5.95 Å². The van der Waals surface area contributed by atoms with Crippen molar-refractivity contribution in [3.8, 4) is 0 Å². The molecule has 2 heterocycles. The summed E-state index contributed by atoms with van der Waals surface area (Å²) < 4.78 is 0. The smallest absolute Gasteiger partial charge is 0.225 e. The summed E-state index contributed by atoms with van der Waals surface area (Å²) in [5.41, 5.74) is 1.21. The molecule has 1 atom stereocenters. The lowest BCUT2D eigenvalue weighted by Gasteiger charge is -2.24. The lowest BCUT2D eigenvalue weighted by molar-refractivity contribution is 0.606. The second kappa shape index (κ2) is 5.45. The number of rotatable bonds is 4. The number of hydrogen-bond acceptors (Lipinski definition) is 4. The second-order valence-electron chi connectivity index (χ2n) is 5.02. The van der Waals surface area contributed by atoms with Crippen molar-refractivity contribution in [3.05, 3.63) is 18.0 Å². The van der Waals surface area contributed by atoms with Crippen LogP contribution in [0.1, 0.15) is 38.2 Å². The molecule has 1 fully saturated rings. The summed E-state index contributed by atoms with van der Waals surface area (Å²) in [6.07, 6.45) is 6.39. The number of likely N-dealkylation sites (N-methyl/N-ethyl adjacent to an activating group) is 1. The van der Waals surface area contributed by atoms with Gasteiger partial charge in [0.2, 0.25) is 5.95 Å². The van der Waals surface area contributed by atoms with Gasteiger partial charge in [-0.3, -0.25) is 0 Å². The minimum Gasteiger partial charge on any atom is -0.337 e. The van der Waals surface area contributed by atoms with Crippen LogP contribution in [-0.2, 0) is 0 Å². The van der Waals surface area contributed by atoms with E-state index in [0.29, 0.717) is 12.0 Å². The molecule has 1 aromatic rings. The monoisotopic (exact) mass is 234 g/mol. The van der Waals surface area contributed by atoms with Gasteiger partial charge < -0.3 is 10.2 Å². The van der Waals surface area contributed by atoms with Crippen LogP contribution in [-0.4, -0.2) is 36.1 Å². The fourth-order valence-electron chi connectivity index (χ4n) is 2.32. The Hall–Kier alpha value is -1.16. The van der Waals surface area contributed by atoms with Crippen molar-refractivity contribution in [2.24, 2.45) is 0 Å². The number of aromatic nitrogens is 2. The van der Waals surface area contributed by atoms with Crippen LogP contribution in [0.5, 0.6) is 0 Å². The van der Waals surface area contributed by atoms with Gasteiger partial charge in [0, 0.05) is 31.5 Å². The van der Waals surface area contributed by atoms with E-state index >= 15 is 0 Å². The molecule has 4 heteroatoms. The Kier molecular flexibility index (Phi) is 3.94. The average Bonchev–Trinajstić information content (AvgIpc) is 2.78. The quantitative estimate of drug-likeness (QED) is 0.862. The van der Waals surface area contributed by atoms with Crippen LogP contribution in [0.2, 0.25) is 0 Å². The molecular weight excluding hydrogens is 212 g/mol. The largest absolute Gasteiger partial charge is 0.337 e. The Morgan fingerprint density at radius 1 is 1.41 bits per heavy atom. The first-order valence-electron chi connectivity index (χ1n) is 6.45. The van der Waals surface area contributed by atoms with E-state index in [1.165, 1.54) is 18.4 Å². The lowest BCUT2D eigenvalue weighted by Crippen LogP contribution is -2.37. The summed E-state index contributed by atoms with van der Waals surface area (Å²) in [6.45, 7) is 6.42. The van der Waals surface area contributed by atoms with Crippen molar-refractivity contribution in [1.82, 2.24) is 15.3 Å². The fourth-order valence-corrected chi connectivity index (χ4v) is 2.32. The third kappa shape index (κ3) is 2.75. The molecule has 0 saturated carbocycles. The Bertz CT molecular complexity index is 347. The van der Waals surface area contributed by atoms with Gasteiger partial charge >= 0.3 is 0 Å². The zero-order valence-electron chi connectivity index (χ0n) is 11.0. The highest BCUT2D eigenvalue weighted by atomic mass is 15.3. The Morgan fingerprint density at radius 2 is 2.12 bits per heavy atom. The second-order valence-corrected chi connectivity index (χ2v) is 5.02. The highest BCUT2D eigenvalue weighted by molar-refractivity contribution is 5.34. The summed E-state index contributed by atoms with van der Waals surface area (Å²) in [5.74, 6) is 1.38. The normalized spacial score (nSPS) is 20.2. The molecule has 0 bridgehead atoms. The molecule has 0 radical (unpaired) electrons. The van der Waals surface area contributed by atoms with E-state index in [-0.39, 0.29) is 0 Å². The van der Waals surface area contributed by atoms with Gasteiger partial charge in [0.15, 0.2) is 0 Å². The molecule has 1 N–H and O–H groups in total. The summed E-state index contributed by atoms with van der Waals surface area (Å²) in [4.78, 5) is 11.3. The van der Waals surface area contributed by atoms with Gasteiger partial charge in [-0.15, -0.1) is 0 Å². The van der Waals surface area contributed by atoms with Crippen LogP contribution in [0.25, 0.3) is 0 Å². The van der Waals surface area contributed by atoms with Crippen LogP contribution < -0.4 is 10.2 Å². The van der Waals surface area contributed by atoms with E-state index in [1.54, 1.807) is 0 Å². The van der Waals surface area contributed by atoms with Gasteiger partial charge in [-0.2, -0.15) is 0 Å². The van der Waals surface area contributed by atoms with Crippen LogP contribution in [0.15, 0.2) is 12.4 Å². The van der Waals surface area contributed by atoms with Gasteiger partial charge in [0.1, 0.15) is 0 Å². The van der Waals surface area contributed by atoms with E-state index in [0.717, 1.165) is 19.0 Å². The first-order valence-corrected chi connectivity index (χ1v) is 6.45. The third-order valence-electron chi connectivity index (χ3n) is 3.40. The molecule has 1 aliphatic heterocycles. The first kappa shape index (κ1) is 12.3. The Morgan fingerprint density at radius 3 is 2.71 bits per heavy atom. The molecule has 1 aromatic heterocycles. The predicted molar refractivity (Wildman–Crippen MR) is 70.4 cm³/mol. The van der Waals surface area contributed by atoms with Gasteiger partial charge in [-0.1, -0.05) is 13.8 Å². The third-order valence-corrected chi connectivity index (χ3v) is 3.40. The van der Waals surface area contributed by atoms with E-state index in [4.69, 9.17) is 0 Å². The van der Waals surface area contributed by atoms with Crippen LogP contribution >= 0.6 is 0 Å². The number of nitrogens with zero attached hydrogens (tertiary/aromatic N) is 3. The topological polar surface area (TPSA) is 41.0 Å². The summed E-state index contributed by atoms with van der Waals surface area (Å²) in [5, 5.41) is 3.24. The van der Waals surface area contributed by atoms with Crippen molar-refractivity contribution < 1.29 is 0 Å². The molecule has 0 amide bonds. The van der Waals surface area contributed by atoms with Gasteiger partial charge in [-0.25, -0.2) is 9.97 Å². The number of nitrogens with one attached hydrogen (secondary N) is 1. The molecule has 1 unspecified atom stereocenters. The van der Waals surface area contributed by atoms with Crippen molar-refractivity contribution in [1.29, 1.82) is 0 Å². The molecule has 0 spiro atoms. The average molecular weight is 234 g/mol. The van der Waals surface area contributed by atoms with Gasteiger partial charge in [0.05, 0.1) is 0 Å². The van der Waals surface area contributed by atoms with Crippen molar-refractivity contribution in [2.75, 3.05) is 25.0 Å². The van der Waals surface area contributed by atoms with E-state index in [9.17, 15) is 0 Å². The Labute approximate surface area is 103 Å². The molecule has 4 nitrogen and oxygen atoms in total. The molecule has 1 saturated heterocycles. The number of anilines is 1. The Balaban J connectivity index is 2.10. The highest BCUT2D eigenvalue weighted by Gasteiger charge is 2.25. The van der Waals surface area contributed by atoms with Crippen LogP contribution in [0.3, 0.4) is 0 Å². The van der Waals surface area contributed by atoms with Gasteiger partial charge in [0.25, 0.3) is 0 Å². The molecule has 94 valence electrons. The zero-order valence-corrected chi connectivity index (χ0v) is 11.0. The summed E-state index contributed by atoms with van der Waals surface area (Å²) in [7, 11) is 2.00. The number of hydrogen-bond donors (Lipinski definition) is 1. The predicted octanol–water partition coefficient (Wildman–Crippen LogP) is 1.79.